The molecule has 2 aromatic heterocycles. The van der Waals surface area contributed by atoms with Crippen molar-refractivity contribution >= 4 is 43.9 Å². The summed E-state index contributed by atoms with van der Waals surface area (Å²) in [6.07, 6.45) is 1.34. The molecule has 1 saturated heterocycles. The third-order valence-corrected chi connectivity index (χ3v) is 6.64. The molecule has 1 aliphatic rings. The lowest BCUT2D eigenvalue weighted by molar-refractivity contribution is -0.147. The van der Waals surface area contributed by atoms with Crippen molar-refractivity contribution in [2.24, 2.45) is 11.1 Å². The van der Waals surface area contributed by atoms with Gasteiger partial charge in [0.15, 0.2) is 29.0 Å². The van der Waals surface area contributed by atoms with Crippen LogP contribution in [0.25, 0.3) is 0 Å². The molecule has 2 aromatic rings. The van der Waals surface area contributed by atoms with Crippen LogP contribution in [-0.2, 0) is 31.1 Å². The van der Waals surface area contributed by atoms with Gasteiger partial charge >= 0.3 is 0 Å². The van der Waals surface area contributed by atoms with Crippen molar-refractivity contribution in [1.29, 1.82) is 0 Å². The van der Waals surface area contributed by atoms with E-state index in [1.54, 1.807) is 0 Å². The van der Waals surface area contributed by atoms with Crippen molar-refractivity contribution in [3.63, 3.8) is 0 Å². The van der Waals surface area contributed by atoms with Crippen molar-refractivity contribution in [3.8, 4) is 5.75 Å². The first-order valence-corrected chi connectivity index (χ1v) is 11.7. The van der Waals surface area contributed by atoms with Crippen molar-refractivity contribution in [1.82, 2.24) is 14.0 Å². The smallest absolute Gasteiger partial charge is 0.241 e. The van der Waals surface area contributed by atoms with Gasteiger partial charge in [-0.1, -0.05) is 5.16 Å². The first kappa shape index (κ1) is 23.2. The molecule has 0 saturated carbocycles. The minimum atomic E-state index is -3.74. The number of rotatable bonds is 8. The molecule has 3 heterocycles. The van der Waals surface area contributed by atoms with Gasteiger partial charge in [0.25, 0.3) is 0 Å². The van der Waals surface area contributed by atoms with Crippen LogP contribution in [0, 0.1) is 5.92 Å². The first-order chi connectivity index (χ1) is 14.9. The summed E-state index contributed by atoms with van der Waals surface area (Å²) in [5.41, 5.74) is 4.62. The van der Waals surface area contributed by atoms with Gasteiger partial charge in [0.2, 0.25) is 21.4 Å². The van der Waals surface area contributed by atoms with E-state index in [-0.39, 0.29) is 28.7 Å². The summed E-state index contributed by atoms with van der Waals surface area (Å²) in [6, 6.07) is 0.215. The van der Waals surface area contributed by atoms with Gasteiger partial charge in [-0.05, 0) is 6.92 Å². The summed E-state index contributed by atoms with van der Waals surface area (Å²) in [5.74, 6) is -2.87. The highest BCUT2D eigenvalue weighted by Crippen LogP contribution is 2.32. The molecule has 0 radical (unpaired) electrons. The molecular formula is C17H19N5O8S2. The lowest BCUT2D eigenvalue weighted by atomic mass is 9.86. The van der Waals surface area contributed by atoms with Gasteiger partial charge < -0.3 is 20.9 Å². The van der Waals surface area contributed by atoms with E-state index in [1.807, 2.05) is 0 Å². The molecule has 0 aromatic carbocycles. The quantitative estimate of drug-likeness (QED) is 0.190. The fourth-order valence-electron chi connectivity index (χ4n) is 3.13. The zero-order valence-electron chi connectivity index (χ0n) is 16.8. The third-order valence-electron chi connectivity index (χ3n) is 4.74. The first-order valence-electron chi connectivity index (χ1n) is 9.01. The number of nitrogen functional groups attached to an aromatic ring is 1. The molecule has 1 aliphatic heterocycles. The van der Waals surface area contributed by atoms with Gasteiger partial charge in [-0.2, -0.15) is 4.73 Å². The SMILES string of the molecule is C[C@H]1[C@H](CC(=O)/C(=N\OCc2cc(=O)c(O)cn2O)c2csc(N)n2)C(=O)N1S(C)(=O)=O. The van der Waals surface area contributed by atoms with Crippen LogP contribution in [0.15, 0.2) is 27.6 Å². The minimum absolute atomic E-state index is 0.0623. The van der Waals surface area contributed by atoms with E-state index >= 15 is 0 Å². The van der Waals surface area contributed by atoms with E-state index in [9.17, 15) is 33.1 Å². The highest BCUT2D eigenvalue weighted by atomic mass is 32.2. The van der Waals surface area contributed by atoms with Crippen molar-refractivity contribution < 1.29 is 33.2 Å². The van der Waals surface area contributed by atoms with Crippen molar-refractivity contribution in [2.75, 3.05) is 12.0 Å². The van der Waals surface area contributed by atoms with Gasteiger partial charge in [0.05, 0.1) is 24.4 Å². The van der Waals surface area contributed by atoms with E-state index in [0.717, 1.165) is 29.9 Å². The Kier molecular flexibility index (Phi) is 6.23. The third kappa shape index (κ3) is 4.57. The van der Waals surface area contributed by atoms with E-state index in [2.05, 4.69) is 10.1 Å². The predicted octanol–water partition coefficient (Wildman–Crippen LogP) is -0.483. The predicted molar refractivity (Wildman–Crippen MR) is 112 cm³/mol. The number of nitrogens with two attached hydrogens (primary N) is 1. The average Bonchev–Trinajstić information content (AvgIpc) is 3.11. The number of carbonyl (C=O) groups is 2. The number of amides is 1. The maximum atomic E-state index is 12.9. The monoisotopic (exact) mass is 485 g/mol. The number of anilines is 1. The molecule has 3 rings (SSSR count). The second kappa shape index (κ2) is 8.58. The zero-order valence-corrected chi connectivity index (χ0v) is 18.5. The number of ketones is 1. The summed E-state index contributed by atoms with van der Waals surface area (Å²) in [5, 5.41) is 24.4. The van der Waals surface area contributed by atoms with E-state index in [0.29, 0.717) is 9.04 Å². The van der Waals surface area contributed by atoms with E-state index < -0.39 is 51.5 Å². The average molecular weight is 486 g/mol. The summed E-state index contributed by atoms with van der Waals surface area (Å²) < 4.78 is 24.5. The van der Waals surface area contributed by atoms with Crippen LogP contribution in [-0.4, -0.2) is 62.5 Å². The number of β-lactam (4-membered cyclic amide) rings is 1. The van der Waals surface area contributed by atoms with Crippen molar-refractivity contribution in [2.45, 2.75) is 26.0 Å². The topological polar surface area (TPSA) is 194 Å². The summed E-state index contributed by atoms with van der Waals surface area (Å²) >= 11 is 1.04. The fraction of sp³-hybridized carbons (Fsp3) is 0.353. The Balaban J connectivity index is 1.79. The molecule has 4 N–H and O–H groups in total. The van der Waals surface area contributed by atoms with Gasteiger partial charge in [-0.3, -0.25) is 14.4 Å². The Labute approximate surface area is 185 Å². The maximum absolute atomic E-state index is 12.9. The number of pyridine rings is 1. The highest BCUT2D eigenvalue weighted by Gasteiger charge is 2.50. The second-order valence-electron chi connectivity index (χ2n) is 7.01. The second-order valence-corrected chi connectivity index (χ2v) is 9.76. The molecular weight excluding hydrogens is 466 g/mol. The number of sulfonamides is 1. The van der Waals surface area contributed by atoms with Crippen LogP contribution < -0.4 is 11.2 Å². The lowest BCUT2D eigenvalue weighted by Gasteiger charge is -2.43. The Bertz CT molecular complexity index is 1270. The molecule has 1 amide bonds. The number of thiazole rings is 1. The standard InChI is InChI=1S/C17H19N5O8S2/c1-8-10(16(26)22(8)32(2,28)29)4-13(24)15(11-7-31-17(18)19-11)20-30-6-9-3-12(23)14(25)5-21(9)27/h3,5,7-8,10,25,27H,4,6H2,1-2H3,(H2,18,19)/b20-15-/t8-,10-/m0/s1. The van der Waals surface area contributed by atoms with Gasteiger partial charge in [-0.25, -0.2) is 17.7 Å². The molecule has 2 atom stereocenters. The summed E-state index contributed by atoms with van der Waals surface area (Å²) in [4.78, 5) is 45.7. The maximum Gasteiger partial charge on any atom is 0.241 e. The highest BCUT2D eigenvalue weighted by molar-refractivity contribution is 7.89. The lowest BCUT2D eigenvalue weighted by Crippen LogP contribution is -2.61. The fourth-order valence-corrected chi connectivity index (χ4v) is 4.89. The molecule has 13 nitrogen and oxygen atoms in total. The Morgan fingerprint density at radius 3 is 2.66 bits per heavy atom. The van der Waals surface area contributed by atoms with Gasteiger partial charge in [-0.15, -0.1) is 11.3 Å². The number of oxime groups is 1. The number of hydrogen-bond donors (Lipinski definition) is 3. The van der Waals surface area contributed by atoms with E-state index in [4.69, 9.17) is 10.6 Å². The molecule has 15 heteroatoms. The van der Waals surface area contributed by atoms with E-state index in [1.165, 1.54) is 12.3 Å². The molecule has 0 aliphatic carbocycles. The number of carbonyl (C=O) groups excluding carboxylic acids is 2. The van der Waals surface area contributed by atoms with Crippen LogP contribution in [0.1, 0.15) is 24.7 Å². The molecule has 0 unspecified atom stereocenters. The summed E-state index contributed by atoms with van der Waals surface area (Å²) in [7, 11) is -3.74. The number of nitrogens with zero attached hydrogens (tertiary/aromatic N) is 4. The van der Waals surface area contributed by atoms with Gasteiger partial charge in [0, 0.05) is 17.9 Å². The molecule has 0 spiro atoms. The van der Waals surface area contributed by atoms with Crippen molar-refractivity contribution in [3.05, 3.63) is 39.3 Å². The number of hydrogen-bond acceptors (Lipinski definition) is 12. The number of aromatic hydroxyl groups is 1. The number of aromatic nitrogens is 2. The molecule has 0 bridgehead atoms. The molecule has 172 valence electrons. The Hall–Kier alpha value is -3.46. The van der Waals surface area contributed by atoms with Crippen LogP contribution in [0.3, 0.4) is 0 Å². The van der Waals surface area contributed by atoms with Crippen LogP contribution in [0.4, 0.5) is 5.13 Å². The largest absolute Gasteiger partial charge is 0.503 e. The molecule has 32 heavy (non-hydrogen) atoms. The Morgan fingerprint density at radius 1 is 1.41 bits per heavy atom. The minimum Gasteiger partial charge on any atom is -0.503 e. The van der Waals surface area contributed by atoms with Crippen LogP contribution in [0.2, 0.25) is 0 Å². The van der Waals surface area contributed by atoms with Gasteiger partial charge in [0.1, 0.15) is 11.4 Å². The normalized spacial score (nSPS) is 19.0. The van der Waals surface area contributed by atoms with Crippen LogP contribution >= 0.6 is 11.3 Å². The molecule has 1 fully saturated rings. The van der Waals surface area contributed by atoms with Crippen LogP contribution in [0.5, 0.6) is 5.75 Å². The number of Topliss-reactive ketones (excluding diaryl/α,β-unsaturated/α-hetero) is 1. The Morgan fingerprint density at radius 2 is 2.09 bits per heavy atom. The summed E-state index contributed by atoms with van der Waals surface area (Å²) in [6.45, 7) is 1.07. The zero-order chi connectivity index (χ0) is 23.8.